The molecule has 0 aliphatic carbocycles. The van der Waals surface area contributed by atoms with Gasteiger partial charge in [0, 0.05) is 13.1 Å². The summed E-state index contributed by atoms with van der Waals surface area (Å²) < 4.78 is 0. The summed E-state index contributed by atoms with van der Waals surface area (Å²) in [4.78, 5) is 12.4. The number of aliphatic hydroxyl groups excluding tert-OH is 1. The molecule has 0 saturated carbocycles. The molecule has 1 fully saturated rings. The zero-order chi connectivity index (χ0) is 13.7. The maximum atomic E-state index is 12.4. The SMILES string of the molecule is CCC1(C(=O)NCC(O)c2ccsc2)CCCNC1. The highest BCUT2D eigenvalue weighted by molar-refractivity contribution is 7.07. The van der Waals surface area contributed by atoms with Crippen molar-refractivity contribution in [3.63, 3.8) is 0 Å². The molecule has 4 nitrogen and oxygen atoms in total. The fraction of sp³-hybridized carbons (Fsp3) is 0.643. The molecule has 0 radical (unpaired) electrons. The fourth-order valence-electron chi connectivity index (χ4n) is 2.58. The van der Waals surface area contributed by atoms with Crippen molar-refractivity contribution >= 4 is 17.2 Å². The third-order valence-corrected chi connectivity index (χ3v) is 4.72. The molecule has 0 aromatic carbocycles. The van der Waals surface area contributed by atoms with Gasteiger partial charge in [0.25, 0.3) is 0 Å². The van der Waals surface area contributed by atoms with Crippen LogP contribution >= 0.6 is 11.3 Å². The lowest BCUT2D eigenvalue weighted by Gasteiger charge is -2.35. The monoisotopic (exact) mass is 282 g/mol. The van der Waals surface area contributed by atoms with Crippen molar-refractivity contribution in [1.82, 2.24) is 10.6 Å². The van der Waals surface area contributed by atoms with Crippen LogP contribution in [0.1, 0.15) is 37.9 Å². The predicted molar refractivity (Wildman–Crippen MR) is 77.1 cm³/mol. The second kappa shape index (κ2) is 6.50. The second-order valence-corrected chi connectivity index (χ2v) is 5.98. The first kappa shape index (κ1) is 14.5. The number of aliphatic hydroxyl groups is 1. The smallest absolute Gasteiger partial charge is 0.227 e. The summed E-state index contributed by atoms with van der Waals surface area (Å²) >= 11 is 1.55. The van der Waals surface area contributed by atoms with Crippen LogP contribution in [-0.4, -0.2) is 30.6 Å². The molecule has 2 unspecified atom stereocenters. The van der Waals surface area contributed by atoms with Crippen LogP contribution in [0.3, 0.4) is 0 Å². The van der Waals surface area contributed by atoms with Gasteiger partial charge in [0.15, 0.2) is 0 Å². The standard InChI is InChI=1S/C14H22N2O2S/c1-2-14(5-3-6-15-10-14)13(18)16-8-12(17)11-4-7-19-9-11/h4,7,9,12,15,17H,2-3,5-6,8,10H2,1H3,(H,16,18). The summed E-state index contributed by atoms with van der Waals surface area (Å²) in [5.74, 6) is 0.0662. The molecule has 3 N–H and O–H groups in total. The lowest BCUT2D eigenvalue weighted by atomic mass is 9.77. The van der Waals surface area contributed by atoms with Gasteiger partial charge in [0.05, 0.1) is 11.5 Å². The molecule has 19 heavy (non-hydrogen) atoms. The number of carbonyl (C=O) groups excluding carboxylic acids is 1. The average Bonchev–Trinajstić information content (AvgIpc) is 2.99. The molecule has 1 aromatic rings. The van der Waals surface area contributed by atoms with Crippen LogP contribution in [0.5, 0.6) is 0 Å². The van der Waals surface area contributed by atoms with Gasteiger partial charge in [0.2, 0.25) is 5.91 Å². The van der Waals surface area contributed by atoms with Gasteiger partial charge in [-0.25, -0.2) is 0 Å². The highest BCUT2D eigenvalue weighted by atomic mass is 32.1. The molecule has 1 amide bonds. The van der Waals surface area contributed by atoms with Crippen LogP contribution in [0.2, 0.25) is 0 Å². The minimum Gasteiger partial charge on any atom is -0.387 e. The molecule has 1 aromatic heterocycles. The number of amides is 1. The first-order valence-corrected chi connectivity index (χ1v) is 7.81. The maximum Gasteiger partial charge on any atom is 0.227 e. The van der Waals surface area contributed by atoms with Gasteiger partial charge in [-0.3, -0.25) is 4.79 Å². The molecular formula is C14H22N2O2S. The quantitative estimate of drug-likeness (QED) is 0.770. The Labute approximate surface area is 118 Å². The Bertz CT molecular complexity index is 400. The third kappa shape index (κ3) is 3.35. The van der Waals surface area contributed by atoms with Crippen molar-refractivity contribution in [2.45, 2.75) is 32.3 Å². The van der Waals surface area contributed by atoms with Gasteiger partial charge in [0.1, 0.15) is 0 Å². The molecule has 1 saturated heterocycles. The molecule has 1 aliphatic heterocycles. The topological polar surface area (TPSA) is 61.4 Å². The second-order valence-electron chi connectivity index (χ2n) is 5.20. The lowest BCUT2D eigenvalue weighted by Crippen LogP contribution is -2.50. The van der Waals surface area contributed by atoms with Crippen molar-refractivity contribution in [2.75, 3.05) is 19.6 Å². The van der Waals surface area contributed by atoms with E-state index in [1.165, 1.54) is 0 Å². The van der Waals surface area contributed by atoms with Gasteiger partial charge in [-0.2, -0.15) is 11.3 Å². The molecule has 106 valence electrons. The molecule has 2 atom stereocenters. The van der Waals surface area contributed by atoms with Crippen LogP contribution in [0.15, 0.2) is 16.8 Å². The normalized spacial score (nSPS) is 24.9. The van der Waals surface area contributed by atoms with Crippen molar-refractivity contribution < 1.29 is 9.90 Å². The van der Waals surface area contributed by atoms with E-state index in [2.05, 4.69) is 17.6 Å². The van der Waals surface area contributed by atoms with E-state index in [0.29, 0.717) is 0 Å². The number of hydrogen-bond donors (Lipinski definition) is 3. The summed E-state index contributed by atoms with van der Waals surface area (Å²) in [6, 6.07) is 1.89. The zero-order valence-corrected chi connectivity index (χ0v) is 12.1. The Morgan fingerprint density at radius 2 is 2.53 bits per heavy atom. The molecule has 1 aliphatic rings. The third-order valence-electron chi connectivity index (χ3n) is 4.01. The lowest BCUT2D eigenvalue weighted by molar-refractivity contribution is -0.132. The molecule has 2 rings (SSSR count). The van der Waals surface area contributed by atoms with E-state index in [4.69, 9.17) is 0 Å². The number of hydrogen-bond acceptors (Lipinski definition) is 4. The summed E-state index contributed by atoms with van der Waals surface area (Å²) in [6.07, 6.45) is 2.19. The summed E-state index contributed by atoms with van der Waals surface area (Å²) in [7, 11) is 0. The van der Waals surface area contributed by atoms with Crippen LogP contribution in [-0.2, 0) is 4.79 Å². The first-order chi connectivity index (χ1) is 9.18. The highest BCUT2D eigenvalue weighted by Crippen LogP contribution is 2.30. The van der Waals surface area contributed by atoms with E-state index >= 15 is 0 Å². The Hall–Kier alpha value is -0.910. The number of thiophene rings is 1. The number of rotatable bonds is 5. The first-order valence-electron chi connectivity index (χ1n) is 6.87. The Balaban J connectivity index is 1.89. The van der Waals surface area contributed by atoms with Crippen molar-refractivity contribution in [3.05, 3.63) is 22.4 Å². The van der Waals surface area contributed by atoms with Gasteiger partial charge in [-0.1, -0.05) is 6.92 Å². The van der Waals surface area contributed by atoms with E-state index in [-0.39, 0.29) is 17.9 Å². The largest absolute Gasteiger partial charge is 0.387 e. The summed E-state index contributed by atoms with van der Waals surface area (Å²) in [5.41, 5.74) is 0.574. The van der Waals surface area contributed by atoms with Crippen molar-refractivity contribution in [1.29, 1.82) is 0 Å². The van der Waals surface area contributed by atoms with E-state index < -0.39 is 6.10 Å². The van der Waals surface area contributed by atoms with Gasteiger partial charge in [-0.05, 0) is 48.2 Å². The number of nitrogens with one attached hydrogen (secondary N) is 2. The van der Waals surface area contributed by atoms with Crippen LogP contribution in [0.4, 0.5) is 0 Å². The molecule has 5 heteroatoms. The van der Waals surface area contributed by atoms with Crippen LogP contribution < -0.4 is 10.6 Å². The molecule has 2 heterocycles. The van der Waals surface area contributed by atoms with E-state index in [1.807, 2.05) is 16.8 Å². The highest BCUT2D eigenvalue weighted by Gasteiger charge is 2.37. The number of piperidine rings is 1. The predicted octanol–water partition coefficient (Wildman–Crippen LogP) is 1.68. The van der Waals surface area contributed by atoms with Gasteiger partial charge < -0.3 is 15.7 Å². The molecule has 0 bridgehead atoms. The van der Waals surface area contributed by atoms with Crippen LogP contribution in [0.25, 0.3) is 0 Å². The number of carbonyl (C=O) groups is 1. The Kier molecular flexibility index (Phi) is 4.96. The minimum atomic E-state index is -0.611. The summed E-state index contributed by atoms with van der Waals surface area (Å²) in [6.45, 7) is 4.08. The summed E-state index contributed by atoms with van der Waals surface area (Å²) in [5, 5.41) is 20.0. The van der Waals surface area contributed by atoms with Crippen molar-refractivity contribution in [3.8, 4) is 0 Å². The van der Waals surface area contributed by atoms with Crippen molar-refractivity contribution in [2.24, 2.45) is 5.41 Å². The average molecular weight is 282 g/mol. The van der Waals surface area contributed by atoms with Gasteiger partial charge >= 0.3 is 0 Å². The Morgan fingerprint density at radius 1 is 1.68 bits per heavy atom. The van der Waals surface area contributed by atoms with E-state index in [1.54, 1.807) is 11.3 Å². The van der Waals surface area contributed by atoms with E-state index in [0.717, 1.165) is 37.9 Å². The van der Waals surface area contributed by atoms with Crippen LogP contribution in [0, 0.1) is 5.41 Å². The van der Waals surface area contributed by atoms with E-state index in [9.17, 15) is 9.90 Å². The maximum absolute atomic E-state index is 12.4. The van der Waals surface area contributed by atoms with Gasteiger partial charge in [-0.15, -0.1) is 0 Å². The zero-order valence-electron chi connectivity index (χ0n) is 11.3. The Morgan fingerprint density at radius 3 is 3.11 bits per heavy atom. The fourth-order valence-corrected chi connectivity index (χ4v) is 3.29. The molecular weight excluding hydrogens is 260 g/mol. The minimum absolute atomic E-state index is 0.0662. The molecule has 0 spiro atoms.